The van der Waals surface area contributed by atoms with Crippen molar-refractivity contribution >= 4 is 29.2 Å². The van der Waals surface area contributed by atoms with Crippen LogP contribution in [0.4, 0.5) is 5.82 Å². The minimum atomic E-state index is -1.33. The SMILES string of the molecule is CN(C)C(=O)C1CCC(NC(O)C(=O)Nc2ccc(Cl)cn2)CC1. The molecule has 2 rings (SSSR count). The van der Waals surface area contributed by atoms with Crippen molar-refractivity contribution in [3.63, 3.8) is 0 Å². The highest BCUT2D eigenvalue weighted by molar-refractivity contribution is 6.30. The number of hydrogen-bond donors (Lipinski definition) is 3. The molecule has 1 atom stereocenters. The highest BCUT2D eigenvalue weighted by Crippen LogP contribution is 2.25. The Bertz CT molecular complexity index is 571. The third-order valence-corrected chi connectivity index (χ3v) is 4.36. The molecular weight excluding hydrogens is 332 g/mol. The molecule has 8 heteroatoms. The van der Waals surface area contributed by atoms with Crippen molar-refractivity contribution in [2.75, 3.05) is 19.4 Å². The van der Waals surface area contributed by atoms with Crippen molar-refractivity contribution in [1.82, 2.24) is 15.2 Å². The molecule has 0 aromatic carbocycles. The van der Waals surface area contributed by atoms with E-state index in [9.17, 15) is 14.7 Å². The monoisotopic (exact) mass is 354 g/mol. The van der Waals surface area contributed by atoms with Gasteiger partial charge in [0.05, 0.1) is 5.02 Å². The van der Waals surface area contributed by atoms with Gasteiger partial charge in [-0.05, 0) is 37.8 Å². The zero-order chi connectivity index (χ0) is 17.7. The van der Waals surface area contributed by atoms with E-state index >= 15 is 0 Å². The van der Waals surface area contributed by atoms with Gasteiger partial charge in [0, 0.05) is 32.3 Å². The fraction of sp³-hybridized carbons (Fsp3) is 0.562. The summed E-state index contributed by atoms with van der Waals surface area (Å²) >= 11 is 5.73. The van der Waals surface area contributed by atoms with E-state index in [0.717, 1.165) is 25.7 Å². The Morgan fingerprint density at radius 3 is 2.50 bits per heavy atom. The maximum absolute atomic E-state index is 12.0. The Morgan fingerprint density at radius 2 is 1.96 bits per heavy atom. The summed E-state index contributed by atoms with van der Waals surface area (Å²) in [6.07, 6.45) is 3.08. The third kappa shape index (κ3) is 5.15. The van der Waals surface area contributed by atoms with Gasteiger partial charge in [0.25, 0.3) is 5.91 Å². The maximum atomic E-state index is 12.0. The van der Waals surface area contributed by atoms with E-state index in [-0.39, 0.29) is 17.9 Å². The molecule has 24 heavy (non-hydrogen) atoms. The fourth-order valence-electron chi connectivity index (χ4n) is 2.82. The molecule has 1 aliphatic rings. The van der Waals surface area contributed by atoms with E-state index in [1.807, 2.05) is 0 Å². The summed E-state index contributed by atoms with van der Waals surface area (Å²) in [5.74, 6) is -0.0790. The van der Waals surface area contributed by atoms with E-state index in [1.165, 1.54) is 6.20 Å². The minimum absolute atomic E-state index is 0.00939. The van der Waals surface area contributed by atoms with Gasteiger partial charge in [-0.3, -0.25) is 14.9 Å². The fourth-order valence-corrected chi connectivity index (χ4v) is 2.93. The number of hydrogen-bond acceptors (Lipinski definition) is 5. The first-order chi connectivity index (χ1) is 11.4. The topological polar surface area (TPSA) is 94.6 Å². The molecule has 7 nitrogen and oxygen atoms in total. The molecule has 1 aromatic heterocycles. The molecule has 0 radical (unpaired) electrons. The summed E-state index contributed by atoms with van der Waals surface area (Å²) in [4.78, 5) is 29.5. The lowest BCUT2D eigenvalue weighted by Crippen LogP contribution is -2.47. The number of anilines is 1. The molecule has 1 aliphatic carbocycles. The van der Waals surface area contributed by atoms with Crippen LogP contribution in [0, 0.1) is 5.92 Å². The van der Waals surface area contributed by atoms with Gasteiger partial charge in [-0.1, -0.05) is 11.6 Å². The predicted octanol–water partition coefficient (Wildman–Crippen LogP) is 1.23. The van der Waals surface area contributed by atoms with E-state index in [0.29, 0.717) is 10.8 Å². The van der Waals surface area contributed by atoms with Gasteiger partial charge in [-0.2, -0.15) is 0 Å². The second-order valence-electron chi connectivity index (χ2n) is 6.20. The Labute approximate surface area is 146 Å². The zero-order valence-electron chi connectivity index (χ0n) is 13.8. The molecule has 3 N–H and O–H groups in total. The first-order valence-corrected chi connectivity index (χ1v) is 8.32. The van der Waals surface area contributed by atoms with Crippen molar-refractivity contribution < 1.29 is 14.7 Å². The summed E-state index contributed by atoms with van der Waals surface area (Å²) in [7, 11) is 3.51. The number of carbonyl (C=O) groups is 2. The summed E-state index contributed by atoms with van der Waals surface area (Å²) in [5, 5.41) is 15.9. The number of aromatic nitrogens is 1. The van der Waals surface area contributed by atoms with E-state index < -0.39 is 12.1 Å². The van der Waals surface area contributed by atoms with Gasteiger partial charge >= 0.3 is 0 Å². The van der Waals surface area contributed by atoms with E-state index in [4.69, 9.17) is 11.6 Å². The smallest absolute Gasteiger partial charge is 0.269 e. The number of nitrogens with zero attached hydrogens (tertiary/aromatic N) is 2. The van der Waals surface area contributed by atoms with Crippen LogP contribution >= 0.6 is 11.6 Å². The molecule has 0 aliphatic heterocycles. The van der Waals surface area contributed by atoms with Crippen LogP contribution in [0.15, 0.2) is 18.3 Å². The molecular formula is C16H23ClN4O3. The van der Waals surface area contributed by atoms with Crippen molar-refractivity contribution in [3.05, 3.63) is 23.4 Å². The van der Waals surface area contributed by atoms with Gasteiger partial charge in [-0.15, -0.1) is 0 Å². The Hall–Kier alpha value is -1.70. The molecule has 1 heterocycles. The molecule has 1 unspecified atom stereocenters. The molecule has 0 spiro atoms. The summed E-state index contributed by atoms with van der Waals surface area (Å²) in [6.45, 7) is 0. The van der Waals surface area contributed by atoms with Crippen LogP contribution in [0.3, 0.4) is 0 Å². The normalized spacial score (nSPS) is 21.8. The van der Waals surface area contributed by atoms with Crippen LogP contribution in [-0.2, 0) is 9.59 Å². The lowest BCUT2D eigenvalue weighted by atomic mass is 9.85. The highest BCUT2D eigenvalue weighted by Gasteiger charge is 2.29. The number of aliphatic hydroxyl groups is 1. The first-order valence-electron chi connectivity index (χ1n) is 7.94. The van der Waals surface area contributed by atoms with Crippen molar-refractivity contribution in [3.8, 4) is 0 Å². The molecule has 1 saturated carbocycles. The predicted molar refractivity (Wildman–Crippen MR) is 91.5 cm³/mol. The molecule has 1 aromatic rings. The van der Waals surface area contributed by atoms with Crippen LogP contribution in [-0.4, -0.2) is 53.2 Å². The quantitative estimate of drug-likeness (QED) is 0.691. The minimum Gasteiger partial charge on any atom is -0.370 e. The summed E-state index contributed by atoms with van der Waals surface area (Å²) < 4.78 is 0. The first kappa shape index (κ1) is 18.6. The number of nitrogens with one attached hydrogen (secondary N) is 2. The number of rotatable bonds is 5. The van der Waals surface area contributed by atoms with Crippen LogP contribution in [0.1, 0.15) is 25.7 Å². The highest BCUT2D eigenvalue weighted by atomic mass is 35.5. The van der Waals surface area contributed by atoms with Crippen LogP contribution < -0.4 is 10.6 Å². The Kier molecular flexibility index (Phi) is 6.53. The van der Waals surface area contributed by atoms with Gasteiger partial charge in [0.15, 0.2) is 6.23 Å². The van der Waals surface area contributed by atoms with Gasteiger partial charge in [-0.25, -0.2) is 4.98 Å². The van der Waals surface area contributed by atoms with Crippen molar-refractivity contribution in [2.24, 2.45) is 5.92 Å². The van der Waals surface area contributed by atoms with E-state index in [2.05, 4.69) is 15.6 Å². The lowest BCUT2D eigenvalue weighted by Gasteiger charge is -2.31. The number of halogens is 1. The second-order valence-corrected chi connectivity index (χ2v) is 6.64. The summed E-state index contributed by atoms with van der Waals surface area (Å²) in [6, 6.07) is 3.17. The van der Waals surface area contributed by atoms with Crippen molar-refractivity contribution in [2.45, 2.75) is 38.0 Å². The third-order valence-electron chi connectivity index (χ3n) is 4.14. The second kappa shape index (κ2) is 8.41. The number of aliphatic hydroxyl groups excluding tert-OH is 1. The lowest BCUT2D eigenvalue weighted by molar-refractivity contribution is -0.134. The van der Waals surface area contributed by atoms with Crippen LogP contribution in [0.2, 0.25) is 5.02 Å². The van der Waals surface area contributed by atoms with Crippen LogP contribution in [0.5, 0.6) is 0 Å². The van der Waals surface area contributed by atoms with Gasteiger partial charge < -0.3 is 15.3 Å². The van der Waals surface area contributed by atoms with Crippen LogP contribution in [0.25, 0.3) is 0 Å². The standard InChI is InChI=1S/C16H23ClN4O3/c1-21(2)16(24)10-3-6-12(7-4-10)19-14(22)15(23)20-13-8-5-11(17)9-18-13/h5,8-10,12,14,19,22H,3-4,6-7H2,1-2H3,(H,18,20,23). The molecule has 1 fully saturated rings. The van der Waals surface area contributed by atoms with Gasteiger partial charge in [0.1, 0.15) is 5.82 Å². The number of carbonyl (C=O) groups excluding carboxylic acids is 2. The van der Waals surface area contributed by atoms with Crippen molar-refractivity contribution in [1.29, 1.82) is 0 Å². The Morgan fingerprint density at radius 1 is 1.29 bits per heavy atom. The molecule has 0 saturated heterocycles. The summed E-state index contributed by atoms with van der Waals surface area (Å²) in [5.41, 5.74) is 0. The molecule has 132 valence electrons. The maximum Gasteiger partial charge on any atom is 0.269 e. The Balaban J connectivity index is 1.78. The molecule has 2 amide bonds. The average molecular weight is 355 g/mol. The largest absolute Gasteiger partial charge is 0.370 e. The van der Waals surface area contributed by atoms with Gasteiger partial charge in [0.2, 0.25) is 5.91 Å². The van der Waals surface area contributed by atoms with E-state index in [1.54, 1.807) is 31.1 Å². The average Bonchev–Trinajstić information content (AvgIpc) is 2.56. The zero-order valence-corrected chi connectivity index (χ0v) is 14.6. The molecule has 0 bridgehead atoms. The number of pyridine rings is 1. The number of amides is 2.